The molecule has 0 aromatic carbocycles. The van der Waals surface area contributed by atoms with Crippen molar-refractivity contribution in [3.05, 3.63) is 24.3 Å². The molecule has 23 heavy (non-hydrogen) atoms. The monoisotopic (exact) mass is 314 g/mol. The molecular formula is C21H30O2. The minimum Gasteiger partial charge on any atom is -0.393 e. The molecule has 7 unspecified atom stereocenters. The molecule has 2 nitrogen and oxygen atoms in total. The van der Waals surface area contributed by atoms with Crippen molar-refractivity contribution < 1.29 is 9.90 Å². The predicted octanol–water partition coefficient (Wildman–Crippen LogP) is 4.29. The highest BCUT2D eigenvalue weighted by Crippen LogP contribution is 2.66. The van der Waals surface area contributed by atoms with Crippen molar-refractivity contribution in [2.45, 2.75) is 64.9 Å². The Bertz CT molecular complexity index is 576. The van der Waals surface area contributed by atoms with Crippen molar-refractivity contribution in [2.75, 3.05) is 0 Å². The molecule has 0 bridgehead atoms. The van der Waals surface area contributed by atoms with Crippen LogP contribution < -0.4 is 0 Å². The van der Waals surface area contributed by atoms with Gasteiger partial charge in [0.2, 0.25) is 0 Å². The van der Waals surface area contributed by atoms with Crippen LogP contribution >= 0.6 is 0 Å². The lowest BCUT2D eigenvalue weighted by atomic mass is 9.46. The molecule has 0 radical (unpaired) electrons. The molecule has 0 amide bonds. The molecule has 0 saturated heterocycles. The first kappa shape index (κ1) is 15.6. The first-order valence-electron chi connectivity index (χ1n) is 9.44. The standard InChI is InChI=1S/C21H30O2/c1-4-13-6-8-17-16-7-5-14-11-15(22)9-10-20(14,2)19(16)18(23)12-21(13,17)3/h4,11,13,16-19,23H,1,5-10,12H2,2-3H3. The maximum absolute atomic E-state index is 11.9. The van der Waals surface area contributed by atoms with Gasteiger partial charge in [0.05, 0.1) is 6.10 Å². The molecule has 4 aliphatic carbocycles. The van der Waals surface area contributed by atoms with Crippen molar-refractivity contribution >= 4 is 5.78 Å². The van der Waals surface area contributed by atoms with Gasteiger partial charge in [-0.3, -0.25) is 4.79 Å². The molecule has 4 aliphatic rings. The van der Waals surface area contributed by atoms with Crippen LogP contribution in [0.5, 0.6) is 0 Å². The molecule has 0 spiro atoms. The van der Waals surface area contributed by atoms with E-state index in [-0.39, 0.29) is 16.9 Å². The van der Waals surface area contributed by atoms with E-state index in [1.54, 1.807) is 0 Å². The second-order valence-electron chi connectivity index (χ2n) is 9.08. The fourth-order valence-electron chi connectivity index (χ4n) is 7.11. The maximum atomic E-state index is 11.9. The zero-order chi connectivity index (χ0) is 16.4. The van der Waals surface area contributed by atoms with E-state index in [4.69, 9.17) is 0 Å². The first-order valence-corrected chi connectivity index (χ1v) is 9.44. The van der Waals surface area contributed by atoms with Crippen LogP contribution in [0.2, 0.25) is 0 Å². The Balaban J connectivity index is 1.73. The fourth-order valence-corrected chi connectivity index (χ4v) is 7.11. The number of rotatable bonds is 1. The average Bonchev–Trinajstić information content (AvgIpc) is 2.83. The summed E-state index contributed by atoms with van der Waals surface area (Å²) in [5.41, 5.74) is 1.60. The van der Waals surface area contributed by atoms with Crippen LogP contribution in [0, 0.1) is 34.5 Å². The summed E-state index contributed by atoms with van der Waals surface area (Å²) in [6.07, 6.45) is 11.1. The van der Waals surface area contributed by atoms with Gasteiger partial charge >= 0.3 is 0 Å². The molecular weight excluding hydrogens is 284 g/mol. The highest BCUT2D eigenvalue weighted by molar-refractivity contribution is 5.91. The van der Waals surface area contributed by atoms with Crippen LogP contribution in [0.4, 0.5) is 0 Å². The second kappa shape index (κ2) is 5.05. The van der Waals surface area contributed by atoms with Crippen LogP contribution in [0.3, 0.4) is 0 Å². The van der Waals surface area contributed by atoms with Gasteiger partial charge in [0.15, 0.2) is 5.78 Å². The smallest absolute Gasteiger partial charge is 0.155 e. The third kappa shape index (κ3) is 2.00. The van der Waals surface area contributed by atoms with E-state index in [9.17, 15) is 9.90 Å². The number of ketones is 1. The summed E-state index contributed by atoms with van der Waals surface area (Å²) >= 11 is 0. The summed E-state index contributed by atoms with van der Waals surface area (Å²) < 4.78 is 0. The van der Waals surface area contributed by atoms with Crippen LogP contribution in [0.15, 0.2) is 24.3 Å². The number of fused-ring (bicyclic) bond motifs is 5. The molecule has 4 rings (SSSR count). The Kier molecular flexibility index (Phi) is 3.43. The van der Waals surface area contributed by atoms with Crippen LogP contribution in [0.25, 0.3) is 0 Å². The number of allylic oxidation sites excluding steroid dienone is 2. The van der Waals surface area contributed by atoms with Crippen LogP contribution in [-0.2, 0) is 4.79 Å². The Hall–Kier alpha value is -0.890. The molecule has 0 heterocycles. The fraction of sp³-hybridized carbons (Fsp3) is 0.762. The maximum Gasteiger partial charge on any atom is 0.155 e. The normalized spacial score (nSPS) is 52.2. The van der Waals surface area contributed by atoms with Crippen molar-refractivity contribution in [1.29, 1.82) is 0 Å². The number of aliphatic hydroxyl groups is 1. The highest BCUT2D eigenvalue weighted by atomic mass is 16.3. The Morgan fingerprint density at radius 1 is 1.26 bits per heavy atom. The van der Waals surface area contributed by atoms with Crippen LogP contribution in [-0.4, -0.2) is 17.0 Å². The molecule has 0 aliphatic heterocycles. The second-order valence-corrected chi connectivity index (χ2v) is 9.08. The first-order chi connectivity index (χ1) is 10.9. The summed E-state index contributed by atoms with van der Waals surface area (Å²) in [6.45, 7) is 8.79. The molecule has 0 aromatic heterocycles. The van der Waals surface area contributed by atoms with Gasteiger partial charge < -0.3 is 5.11 Å². The molecule has 3 saturated carbocycles. The predicted molar refractivity (Wildman–Crippen MR) is 91.8 cm³/mol. The van der Waals surface area contributed by atoms with Gasteiger partial charge in [-0.1, -0.05) is 25.5 Å². The van der Waals surface area contributed by atoms with E-state index < -0.39 is 0 Å². The molecule has 1 N–H and O–H groups in total. The highest BCUT2D eigenvalue weighted by Gasteiger charge is 2.61. The summed E-state index contributed by atoms with van der Waals surface area (Å²) in [7, 11) is 0. The van der Waals surface area contributed by atoms with E-state index in [2.05, 4.69) is 26.5 Å². The van der Waals surface area contributed by atoms with E-state index in [1.807, 2.05) is 6.08 Å². The lowest BCUT2D eigenvalue weighted by molar-refractivity contribution is -0.131. The largest absolute Gasteiger partial charge is 0.393 e. The number of aliphatic hydroxyl groups excluding tert-OH is 1. The van der Waals surface area contributed by atoms with Gasteiger partial charge in [0.25, 0.3) is 0 Å². The minimum atomic E-state index is -0.233. The van der Waals surface area contributed by atoms with Crippen LogP contribution in [0.1, 0.15) is 58.8 Å². The summed E-state index contributed by atoms with van der Waals surface area (Å²) in [5, 5.41) is 11.2. The van der Waals surface area contributed by atoms with Gasteiger partial charge in [-0.25, -0.2) is 0 Å². The lowest BCUT2D eigenvalue weighted by Gasteiger charge is -2.59. The zero-order valence-corrected chi connectivity index (χ0v) is 14.6. The van der Waals surface area contributed by atoms with Gasteiger partial charge in [0, 0.05) is 6.42 Å². The lowest BCUT2D eigenvalue weighted by Crippen LogP contribution is -2.56. The molecule has 2 heteroatoms. The van der Waals surface area contributed by atoms with E-state index in [0.717, 1.165) is 31.6 Å². The molecule has 3 fully saturated rings. The Morgan fingerprint density at radius 3 is 2.78 bits per heavy atom. The summed E-state index contributed by atoms with van der Waals surface area (Å²) in [5.74, 6) is 2.52. The van der Waals surface area contributed by atoms with Gasteiger partial charge in [-0.15, -0.1) is 6.58 Å². The number of hydrogen-bond acceptors (Lipinski definition) is 2. The number of carbonyl (C=O) groups excluding carboxylic acids is 1. The zero-order valence-electron chi connectivity index (χ0n) is 14.6. The quantitative estimate of drug-likeness (QED) is 0.733. The Labute approximate surface area is 140 Å². The van der Waals surface area contributed by atoms with Crippen molar-refractivity contribution in [3.8, 4) is 0 Å². The SMILES string of the molecule is C=CC1CCC2C3CCC4=CC(=O)CCC4(C)C3C(O)CC12C. The third-order valence-electron chi connectivity index (χ3n) is 8.25. The number of hydrogen-bond donors (Lipinski definition) is 1. The summed E-state index contributed by atoms with van der Waals surface area (Å²) in [6, 6.07) is 0. The van der Waals surface area contributed by atoms with Crippen molar-refractivity contribution in [1.82, 2.24) is 0 Å². The topological polar surface area (TPSA) is 37.3 Å². The molecule has 126 valence electrons. The van der Waals surface area contributed by atoms with Gasteiger partial charge in [-0.05, 0) is 79.1 Å². The van der Waals surface area contributed by atoms with Crippen molar-refractivity contribution in [2.24, 2.45) is 34.5 Å². The third-order valence-corrected chi connectivity index (χ3v) is 8.25. The van der Waals surface area contributed by atoms with Gasteiger partial charge in [0.1, 0.15) is 0 Å². The molecule has 0 aromatic rings. The Morgan fingerprint density at radius 2 is 2.04 bits per heavy atom. The van der Waals surface area contributed by atoms with E-state index >= 15 is 0 Å². The molecule has 7 atom stereocenters. The van der Waals surface area contributed by atoms with Crippen molar-refractivity contribution in [3.63, 3.8) is 0 Å². The summed E-state index contributed by atoms with van der Waals surface area (Å²) in [4.78, 5) is 11.9. The average molecular weight is 314 g/mol. The number of carbonyl (C=O) groups is 1. The van der Waals surface area contributed by atoms with E-state index in [0.29, 0.717) is 30.0 Å². The van der Waals surface area contributed by atoms with E-state index in [1.165, 1.54) is 18.4 Å². The van der Waals surface area contributed by atoms with Gasteiger partial charge in [-0.2, -0.15) is 0 Å². The minimum absolute atomic E-state index is 0.0455.